The number of anilines is 1. The molecule has 0 aliphatic heterocycles. The van der Waals surface area contributed by atoms with Gasteiger partial charge in [-0.3, -0.25) is 9.59 Å². The maximum absolute atomic E-state index is 12.7. The maximum Gasteiger partial charge on any atom is 0.573 e. The van der Waals surface area contributed by atoms with Gasteiger partial charge in [-0.25, -0.2) is 0 Å². The Labute approximate surface area is 149 Å². The molecule has 0 aromatic heterocycles. The van der Waals surface area contributed by atoms with E-state index in [1.165, 1.54) is 24.3 Å². The van der Waals surface area contributed by atoms with E-state index in [9.17, 15) is 27.9 Å². The van der Waals surface area contributed by atoms with E-state index in [0.29, 0.717) is 0 Å². The van der Waals surface area contributed by atoms with Crippen LogP contribution in [0.5, 0.6) is 11.5 Å². The van der Waals surface area contributed by atoms with Crippen molar-refractivity contribution in [2.75, 3.05) is 5.73 Å². The molecule has 1 aliphatic rings. The second-order valence-electron chi connectivity index (χ2n) is 5.35. The Kier molecular flexibility index (Phi) is 4.15. The molecule has 9 heteroatoms. The number of hydrogen-bond donors (Lipinski definition) is 2. The number of hydrogen-bond acceptors (Lipinski definition) is 5. The minimum atomic E-state index is -4.86. The molecule has 134 valence electrons. The first-order valence-corrected chi connectivity index (χ1v) is 7.44. The molecule has 2 aromatic carbocycles. The summed E-state index contributed by atoms with van der Waals surface area (Å²) in [6.07, 6.45) is -4.86. The predicted molar refractivity (Wildman–Crippen MR) is 87.1 cm³/mol. The summed E-state index contributed by atoms with van der Waals surface area (Å²) in [5, 5.41) is 9.48. The molecule has 0 atom stereocenters. The minimum absolute atomic E-state index is 0.0912. The van der Waals surface area contributed by atoms with Crippen molar-refractivity contribution in [3.05, 3.63) is 58.1 Å². The maximum atomic E-state index is 12.7. The summed E-state index contributed by atoms with van der Waals surface area (Å²) in [6.45, 7) is 0. The molecule has 5 nitrogen and oxygen atoms in total. The van der Waals surface area contributed by atoms with Gasteiger partial charge < -0.3 is 15.6 Å². The third kappa shape index (κ3) is 2.99. The van der Waals surface area contributed by atoms with Gasteiger partial charge in [0, 0.05) is 5.56 Å². The normalized spacial score (nSPS) is 14.5. The van der Waals surface area contributed by atoms with Crippen molar-refractivity contribution < 1.29 is 32.6 Å². The summed E-state index contributed by atoms with van der Waals surface area (Å²) >= 11 is 6.01. The lowest BCUT2D eigenvalue weighted by Crippen LogP contribution is -2.20. The van der Waals surface area contributed by atoms with Crippen molar-refractivity contribution in [3.8, 4) is 11.5 Å². The molecule has 0 amide bonds. The molecule has 3 N–H and O–H groups in total. The summed E-state index contributed by atoms with van der Waals surface area (Å²) in [5.41, 5.74) is 4.98. The van der Waals surface area contributed by atoms with Gasteiger partial charge in [-0.1, -0.05) is 23.7 Å². The molecular weight excluding hydrogens is 375 g/mol. The zero-order valence-electron chi connectivity index (χ0n) is 12.7. The SMILES string of the molecule is Nc1ccc2c(c1O)C(=O)C(Cl)=C(c1ccc(OC(F)(F)F)cc1)C2=O. The molecule has 2 aromatic rings. The average Bonchev–Trinajstić information content (AvgIpc) is 2.55. The standard InChI is InChI=1S/C17H9ClF3NO4/c18-13-11(7-1-3-8(4-2-7)26-17(19,20)21)14(23)9-5-6-10(22)15(24)12(9)16(13)25/h1-6,24H,22H2. The van der Waals surface area contributed by atoms with Gasteiger partial charge in [-0.2, -0.15) is 0 Å². The van der Waals surface area contributed by atoms with Gasteiger partial charge in [0.1, 0.15) is 16.5 Å². The molecular formula is C17H9ClF3NO4. The fourth-order valence-corrected chi connectivity index (χ4v) is 2.85. The highest BCUT2D eigenvalue weighted by Crippen LogP contribution is 2.40. The number of rotatable bonds is 2. The predicted octanol–water partition coefficient (Wildman–Crippen LogP) is 3.90. The highest BCUT2D eigenvalue weighted by atomic mass is 35.5. The fraction of sp³-hybridized carbons (Fsp3) is 0.0588. The third-order valence-corrected chi connectivity index (χ3v) is 4.06. The van der Waals surface area contributed by atoms with E-state index in [0.717, 1.165) is 12.1 Å². The monoisotopic (exact) mass is 383 g/mol. The van der Waals surface area contributed by atoms with Crippen LogP contribution in [-0.4, -0.2) is 23.0 Å². The zero-order chi connectivity index (χ0) is 19.2. The van der Waals surface area contributed by atoms with Crippen LogP contribution in [0.2, 0.25) is 0 Å². The summed E-state index contributed by atoms with van der Waals surface area (Å²) in [4.78, 5) is 25.1. The van der Waals surface area contributed by atoms with Gasteiger partial charge in [0.15, 0.2) is 5.78 Å². The van der Waals surface area contributed by atoms with Crippen LogP contribution in [0.3, 0.4) is 0 Å². The average molecular weight is 384 g/mol. The fourth-order valence-electron chi connectivity index (χ4n) is 2.57. The number of halogens is 4. The largest absolute Gasteiger partial charge is 0.573 e. The topological polar surface area (TPSA) is 89.6 Å². The Balaban J connectivity index is 2.06. The molecule has 26 heavy (non-hydrogen) atoms. The van der Waals surface area contributed by atoms with Crippen LogP contribution in [-0.2, 0) is 0 Å². The van der Waals surface area contributed by atoms with Gasteiger partial charge in [-0.05, 0) is 29.8 Å². The number of phenols is 1. The summed E-state index contributed by atoms with van der Waals surface area (Å²) < 4.78 is 40.4. The molecule has 0 spiro atoms. The van der Waals surface area contributed by atoms with Crippen LogP contribution in [0.15, 0.2) is 41.4 Å². The Hall–Kier alpha value is -3.00. The van der Waals surface area contributed by atoms with Crippen LogP contribution in [0.4, 0.5) is 18.9 Å². The van der Waals surface area contributed by atoms with E-state index in [4.69, 9.17) is 17.3 Å². The summed E-state index contributed by atoms with van der Waals surface area (Å²) in [7, 11) is 0. The number of alkyl halides is 3. The first-order chi connectivity index (χ1) is 12.1. The molecule has 0 bridgehead atoms. The minimum Gasteiger partial charge on any atom is -0.505 e. The second-order valence-corrected chi connectivity index (χ2v) is 5.72. The van der Waals surface area contributed by atoms with Crippen molar-refractivity contribution in [1.29, 1.82) is 0 Å². The lowest BCUT2D eigenvalue weighted by Gasteiger charge is -2.19. The molecule has 0 radical (unpaired) electrons. The number of nitrogens with two attached hydrogens (primary N) is 1. The molecule has 0 unspecified atom stereocenters. The van der Waals surface area contributed by atoms with Crippen molar-refractivity contribution in [2.45, 2.75) is 6.36 Å². The Bertz CT molecular complexity index is 965. The molecule has 3 rings (SSSR count). The van der Waals surface area contributed by atoms with Gasteiger partial charge in [0.05, 0.1) is 16.8 Å². The number of allylic oxidation sites excluding steroid dienone is 2. The first kappa shape index (κ1) is 17.8. The molecule has 0 fully saturated rings. The number of ketones is 2. The number of ether oxygens (including phenoxy) is 1. The number of nitrogen functional groups attached to an aromatic ring is 1. The lowest BCUT2D eigenvalue weighted by molar-refractivity contribution is -0.274. The smallest absolute Gasteiger partial charge is 0.505 e. The Morgan fingerprint density at radius 1 is 1.00 bits per heavy atom. The highest BCUT2D eigenvalue weighted by Gasteiger charge is 2.35. The highest BCUT2D eigenvalue weighted by molar-refractivity contribution is 6.57. The summed E-state index contributed by atoms with van der Waals surface area (Å²) in [6, 6.07) is 6.87. The summed E-state index contributed by atoms with van der Waals surface area (Å²) in [5.74, 6) is -2.51. The number of benzene rings is 2. The zero-order valence-corrected chi connectivity index (χ0v) is 13.5. The number of aromatic hydroxyl groups is 1. The van der Waals surface area contributed by atoms with E-state index in [-0.39, 0.29) is 28.0 Å². The molecule has 1 aliphatic carbocycles. The molecule has 0 saturated heterocycles. The number of phenolic OH excluding ortho intramolecular Hbond substituents is 1. The van der Waals surface area contributed by atoms with Gasteiger partial charge >= 0.3 is 6.36 Å². The van der Waals surface area contributed by atoms with Crippen molar-refractivity contribution >= 4 is 34.4 Å². The lowest BCUT2D eigenvalue weighted by atomic mass is 9.85. The van der Waals surface area contributed by atoms with Gasteiger partial charge in [0.2, 0.25) is 5.78 Å². The van der Waals surface area contributed by atoms with Crippen LogP contribution >= 0.6 is 11.6 Å². The van der Waals surface area contributed by atoms with E-state index in [2.05, 4.69) is 4.74 Å². The van der Waals surface area contributed by atoms with E-state index in [1.54, 1.807) is 0 Å². The Morgan fingerprint density at radius 3 is 2.19 bits per heavy atom. The van der Waals surface area contributed by atoms with Crippen LogP contribution < -0.4 is 10.5 Å². The quantitative estimate of drug-likeness (QED) is 0.606. The van der Waals surface area contributed by atoms with Gasteiger partial charge in [0.25, 0.3) is 0 Å². The van der Waals surface area contributed by atoms with Crippen molar-refractivity contribution in [1.82, 2.24) is 0 Å². The van der Waals surface area contributed by atoms with Gasteiger partial charge in [-0.15, -0.1) is 13.2 Å². The van der Waals surface area contributed by atoms with Crippen LogP contribution in [0.1, 0.15) is 26.3 Å². The van der Waals surface area contributed by atoms with E-state index in [1.807, 2.05) is 0 Å². The van der Waals surface area contributed by atoms with Crippen molar-refractivity contribution in [3.63, 3.8) is 0 Å². The first-order valence-electron chi connectivity index (χ1n) is 7.07. The van der Waals surface area contributed by atoms with Crippen LogP contribution in [0.25, 0.3) is 5.57 Å². The van der Waals surface area contributed by atoms with Crippen LogP contribution in [0, 0.1) is 0 Å². The van der Waals surface area contributed by atoms with E-state index >= 15 is 0 Å². The number of fused-ring (bicyclic) bond motifs is 1. The molecule has 0 heterocycles. The third-order valence-electron chi connectivity index (χ3n) is 3.70. The molecule has 0 saturated carbocycles. The van der Waals surface area contributed by atoms with Crippen molar-refractivity contribution in [2.24, 2.45) is 0 Å². The number of Topliss-reactive ketones (excluding diaryl/α,β-unsaturated/α-hetero) is 2. The number of carbonyl (C=O) groups is 2. The Morgan fingerprint density at radius 2 is 1.62 bits per heavy atom. The second kappa shape index (κ2) is 6.06. The van der Waals surface area contributed by atoms with E-state index < -0.39 is 34.5 Å². The number of carbonyl (C=O) groups excluding carboxylic acids is 2.